The average Bonchev–Trinajstić information content (AvgIpc) is 2.70. The van der Waals surface area contributed by atoms with Crippen molar-refractivity contribution in [2.45, 2.75) is 33.7 Å². The Kier molecular flexibility index (Phi) is 3.23. The van der Waals surface area contributed by atoms with Crippen LogP contribution in [0.5, 0.6) is 0 Å². The van der Waals surface area contributed by atoms with Gasteiger partial charge < -0.3 is 5.73 Å². The first-order chi connectivity index (χ1) is 8.34. The van der Waals surface area contributed by atoms with Gasteiger partial charge in [-0.2, -0.15) is 10.2 Å². The summed E-state index contributed by atoms with van der Waals surface area (Å²) in [5.74, 6) is 0.655. The van der Waals surface area contributed by atoms with E-state index in [1.54, 1.807) is 0 Å². The van der Waals surface area contributed by atoms with Gasteiger partial charge in [-0.1, -0.05) is 0 Å². The monoisotopic (exact) mass is 311 g/mol. The normalized spacial score (nSPS) is 13.0. The van der Waals surface area contributed by atoms with Crippen LogP contribution in [0, 0.1) is 20.8 Å². The van der Waals surface area contributed by atoms with Crippen molar-refractivity contribution >= 4 is 21.7 Å². The molecule has 0 aliphatic heterocycles. The van der Waals surface area contributed by atoms with Crippen molar-refractivity contribution in [1.82, 2.24) is 19.6 Å². The Bertz CT molecular complexity index is 596. The van der Waals surface area contributed by atoms with E-state index in [0.29, 0.717) is 5.82 Å². The van der Waals surface area contributed by atoms with Crippen LogP contribution in [0.3, 0.4) is 0 Å². The maximum Gasteiger partial charge on any atom is 0.137 e. The van der Waals surface area contributed by atoms with Gasteiger partial charge in [0.2, 0.25) is 0 Å². The predicted molar refractivity (Wildman–Crippen MR) is 75.6 cm³/mol. The van der Waals surface area contributed by atoms with Gasteiger partial charge in [-0.15, -0.1) is 0 Å². The molecule has 0 radical (unpaired) electrons. The molecule has 2 aromatic rings. The van der Waals surface area contributed by atoms with E-state index in [0.717, 1.165) is 21.6 Å². The van der Waals surface area contributed by atoms with E-state index in [9.17, 15) is 0 Å². The first-order valence-corrected chi connectivity index (χ1v) is 6.64. The van der Waals surface area contributed by atoms with Crippen molar-refractivity contribution in [2.24, 2.45) is 7.05 Å². The summed E-state index contributed by atoms with van der Waals surface area (Å²) in [5.41, 5.74) is 10.3. The predicted octanol–water partition coefficient (Wildman–Crippen LogP) is 2.50. The minimum absolute atomic E-state index is 0.0729. The SMILES string of the molecule is Cc1nn(C(C)c2c(C)nn(C)c2C)c(N)c1Br. The molecule has 2 heterocycles. The molecule has 98 valence electrons. The Morgan fingerprint density at radius 2 is 1.78 bits per heavy atom. The van der Waals surface area contributed by atoms with Crippen LogP contribution < -0.4 is 5.73 Å². The van der Waals surface area contributed by atoms with E-state index in [-0.39, 0.29) is 6.04 Å². The molecule has 5 nitrogen and oxygen atoms in total. The number of hydrogen-bond donors (Lipinski definition) is 1. The molecule has 6 heteroatoms. The highest BCUT2D eigenvalue weighted by Gasteiger charge is 2.21. The highest BCUT2D eigenvalue weighted by Crippen LogP contribution is 2.30. The third-order valence-electron chi connectivity index (χ3n) is 3.40. The van der Waals surface area contributed by atoms with Crippen molar-refractivity contribution in [3.8, 4) is 0 Å². The minimum Gasteiger partial charge on any atom is -0.383 e. The van der Waals surface area contributed by atoms with E-state index >= 15 is 0 Å². The second-order valence-corrected chi connectivity index (χ2v) is 5.41. The topological polar surface area (TPSA) is 61.7 Å². The number of nitrogen functional groups attached to an aromatic ring is 1. The summed E-state index contributed by atoms with van der Waals surface area (Å²) in [6.45, 7) is 8.10. The molecule has 2 N–H and O–H groups in total. The molecule has 0 saturated carbocycles. The second-order valence-electron chi connectivity index (χ2n) is 4.61. The summed E-state index contributed by atoms with van der Waals surface area (Å²) in [6, 6.07) is 0.0729. The molecular weight excluding hydrogens is 294 g/mol. The van der Waals surface area contributed by atoms with Crippen molar-refractivity contribution < 1.29 is 0 Å². The van der Waals surface area contributed by atoms with Crippen LogP contribution in [0.25, 0.3) is 0 Å². The van der Waals surface area contributed by atoms with Gasteiger partial charge in [0.1, 0.15) is 5.82 Å². The van der Waals surface area contributed by atoms with Gasteiger partial charge in [0.25, 0.3) is 0 Å². The average molecular weight is 312 g/mol. The molecule has 1 unspecified atom stereocenters. The number of hydrogen-bond acceptors (Lipinski definition) is 3. The fraction of sp³-hybridized carbons (Fsp3) is 0.500. The fourth-order valence-electron chi connectivity index (χ4n) is 2.36. The van der Waals surface area contributed by atoms with Crippen LogP contribution in [0.4, 0.5) is 5.82 Å². The van der Waals surface area contributed by atoms with E-state index in [4.69, 9.17) is 5.73 Å². The molecular formula is C12H18BrN5. The van der Waals surface area contributed by atoms with E-state index in [2.05, 4.69) is 40.0 Å². The molecule has 0 spiro atoms. The lowest BCUT2D eigenvalue weighted by Crippen LogP contribution is -2.13. The highest BCUT2D eigenvalue weighted by molar-refractivity contribution is 9.10. The molecule has 0 aliphatic rings. The van der Waals surface area contributed by atoms with E-state index < -0.39 is 0 Å². The number of anilines is 1. The zero-order valence-corrected chi connectivity index (χ0v) is 12.9. The summed E-state index contributed by atoms with van der Waals surface area (Å²) < 4.78 is 4.60. The maximum absolute atomic E-state index is 6.08. The Morgan fingerprint density at radius 3 is 2.17 bits per heavy atom. The summed E-state index contributed by atoms with van der Waals surface area (Å²) in [6.07, 6.45) is 0. The molecule has 2 rings (SSSR count). The quantitative estimate of drug-likeness (QED) is 0.927. The van der Waals surface area contributed by atoms with Gasteiger partial charge in [0.15, 0.2) is 0 Å². The van der Waals surface area contributed by atoms with Gasteiger partial charge in [-0.05, 0) is 43.6 Å². The van der Waals surface area contributed by atoms with Gasteiger partial charge in [-0.25, -0.2) is 4.68 Å². The Balaban J connectivity index is 2.54. The number of nitrogens with zero attached hydrogens (tertiary/aromatic N) is 4. The van der Waals surface area contributed by atoms with Crippen LogP contribution in [-0.2, 0) is 7.05 Å². The first kappa shape index (κ1) is 13.1. The van der Waals surface area contributed by atoms with Crippen LogP contribution in [0.15, 0.2) is 4.47 Å². The summed E-state index contributed by atoms with van der Waals surface area (Å²) in [5, 5.41) is 8.92. The van der Waals surface area contributed by atoms with E-state index in [1.807, 2.05) is 30.3 Å². The molecule has 0 aromatic carbocycles. The zero-order valence-electron chi connectivity index (χ0n) is 11.3. The third kappa shape index (κ3) is 1.84. The largest absolute Gasteiger partial charge is 0.383 e. The van der Waals surface area contributed by atoms with Gasteiger partial charge in [0.05, 0.1) is 21.9 Å². The van der Waals surface area contributed by atoms with Crippen LogP contribution in [0.1, 0.15) is 35.6 Å². The van der Waals surface area contributed by atoms with Gasteiger partial charge >= 0.3 is 0 Å². The number of nitrogens with two attached hydrogens (primary N) is 1. The zero-order chi connectivity index (χ0) is 13.6. The minimum atomic E-state index is 0.0729. The van der Waals surface area contributed by atoms with Crippen molar-refractivity contribution in [1.29, 1.82) is 0 Å². The van der Waals surface area contributed by atoms with Crippen LogP contribution in [0.2, 0.25) is 0 Å². The summed E-state index contributed by atoms with van der Waals surface area (Å²) in [4.78, 5) is 0. The maximum atomic E-state index is 6.08. The van der Waals surface area contributed by atoms with Crippen LogP contribution >= 0.6 is 15.9 Å². The molecule has 0 amide bonds. The lowest BCUT2D eigenvalue weighted by molar-refractivity contribution is 0.563. The Morgan fingerprint density at radius 1 is 1.17 bits per heavy atom. The van der Waals surface area contributed by atoms with Gasteiger partial charge in [0, 0.05) is 18.3 Å². The fourth-order valence-corrected chi connectivity index (χ4v) is 2.62. The van der Waals surface area contributed by atoms with E-state index in [1.165, 1.54) is 5.56 Å². The lowest BCUT2D eigenvalue weighted by Gasteiger charge is -2.15. The standard InChI is InChI=1S/C12H18BrN5/c1-6-10(8(3)17(5)15-6)9(4)18-12(14)11(13)7(2)16-18/h9H,14H2,1-5H3. The molecule has 1 atom stereocenters. The molecule has 18 heavy (non-hydrogen) atoms. The number of halogens is 1. The number of aryl methyl sites for hydroxylation is 3. The summed E-state index contributed by atoms with van der Waals surface area (Å²) in [7, 11) is 1.95. The number of rotatable bonds is 2. The first-order valence-electron chi connectivity index (χ1n) is 5.84. The van der Waals surface area contributed by atoms with Crippen molar-refractivity contribution in [2.75, 3.05) is 5.73 Å². The Labute approximate surface area is 115 Å². The summed E-state index contributed by atoms with van der Waals surface area (Å²) >= 11 is 3.45. The molecule has 0 fully saturated rings. The number of aromatic nitrogens is 4. The van der Waals surface area contributed by atoms with Crippen LogP contribution in [-0.4, -0.2) is 19.6 Å². The molecule has 2 aromatic heterocycles. The van der Waals surface area contributed by atoms with Crippen molar-refractivity contribution in [3.05, 3.63) is 27.1 Å². The lowest BCUT2D eigenvalue weighted by atomic mass is 10.1. The van der Waals surface area contributed by atoms with Gasteiger partial charge in [-0.3, -0.25) is 4.68 Å². The third-order valence-corrected chi connectivity index (χ3v) is 4.38. The molecule has 0 bridgehead atoms. The molecule has 0 saturated heterocycles. The second kappa shape index (κ2) is 4.42. The smallest absolute Gasteiger partial charge is 0.137 e. The van der Waals surface area contributed by atoms with Crippen molar-refractivity contribution in [3.63, 3.8) is 0 Å². The molecule has 0 aliphatic carbocycles. The highest BCUT2D eigenvalue weighted by atomic mass is 79.9. The Hall–Kier alpha value is -1.30.